The van der Waals surface area contributed by atoms with E-state index in [-0.39, 0.29) is 10.9 Å². The lowest BCUT2D eigenvalue weighted by Crippen LogP contribution is -2.41. The first kappa shape index (κ1) is 30.2. The molecule has 4 aromatic carbocycles. The molecule has 218 valence electrons. The Morgan fingerprint density at radius 1 is 0.690 bits per heavy atom. The van der Waals surface area contributed by atoms with Crippen molar-refractivity contribution in [3.8, 4) is 0 Å². The van der Waals surface area contributed by atoms with Crippen LogP contribution in [0.3, 0.4) is 0 Å². The van der Waals surface area contributed by atoms with Gasteiger partial charge < -0.3 is 14.6 Å². The topological polar surface area (TPSA) is 76.7 Å². The second kappa shape index (κ2) is 12.2. The molecule has 0 bridgehead atoms. The van der Waals surface area contributed by atoms with Gasteiger partial charge in [-0.2, -0.15) is 0 Å². The van der Waals surface area contributed by atoms with Crippen LogP contribution in [-0.4, -0.2) is 26.7 Å². The summed E-state index contributed by atoms with van der Waals surface area (Å²) in [7, 11) is -4.34. The second-order valence-electron chi connectivity index (χ2n) is 11.9. The maximum Gasteiger partial charge on any atom is 0.495 e. The monoisotopic (exact) mass is 582 g/mol. The Kier molecular flexibility index (Phi) is 8.74. The molecule has 8 heteroatoms. The first-order valence-corrected chi connectivity index (χ1v) is 15.8. The highest BCUT2D eigenvalue weighted by atomic mass is 32.2. The molecule has 0 amide bonds. The smallest absolute Gasteiger partial charge is 0.399 e. The van der Waals surface area contributed by atoms with E-state index in [4.69, 9.17) is 9.31 Å². The van der Waals surface area contributed by atoms with Crippen molar-refractivity contribution in [2.24, 2.45) is 0 Å². The molecule has 1 aliphatic rings. The standard InChI is InChI=1S/C34H39BN2O4S/c1-25-20-22-29(23-21-25)42(38,39)37-32(27-16-10-7-11-17-27)31(26-14-8-6-9-15-26)36-24-28-18-12-13-19-30(28)35-40-33(2,3)34(4,5)41-35/h6-23,31-32,36-37H,24H2,1-5H3/t31-,32+/m1/s1. The zero-order valence-corrected chi connectivity index (χ0v) is 25.7. The lowest BCUT2D eigenvalue weighted by atomic mass is 9.76. The Labute approximate surface area is 250 Å². The molecular weight excluding hydrogens is 543 g/mol. The highest BCUT2D eigenvalue weighted by Crippen LogP contribution is 2.37. The van der Waals surface area contributed by atoms with Gasteiger partial charge in [0.05, 0.1) is 28.2 Å². The average molecular weight is 583 g/mol. The third-order valence-electron chi connectivity index (χ3n) is 8.34. The highest BCUT2D eigenvalue weighted by molar-refractivity contribution is 7.89. The summed E-state index contributed by atoms with van der Waals surface area (Å²) in [5.74, 6) is 0. The Hall–Kier alpha value is -3.27. The van der Waals surface area contributed by atoms with Crippen LogP contribution in [0.4, 0.5) is 0 Å². The van der Waals surface area contributed by atoms with Gasteiger partial charge in [0, 0.05) is 6.54 Å². The van der Waals surface area contributed by atoms with Gasteiger partial charge in [-0.05, 0) is 68.9 Å². The molecule has 1 saturated heterocycles. The molecule has 0 radical (unpaired) electrons. The number of rotatable bonds is 10. The maximum atomic E-state index is 13.7. The fraction of sp³-hybridized carbons (Fsp3) is 0.294. The normalized spacial score (nSPS) is 17.6. The molecular formula is C34H39BN2O4S. The van der Waals surface area contributed by atoms with E-state index in [1.54, 1.807) is 12.1 Å². The van der Waals surface area contributed by atoms with E-state index in [0.717, 1.165) is 27.7 Å². The molecule has 2 N–H and O–H groups in total. The molecule has 5 rings (SSSR count). The summed E-state index contributed by atoms with van der Waals surface area (Å²) in [5.41, 5.74) is 3.87. The molecule has 0 saturated carbocycles. The largest absolute Gasteiger partial charge is 0.495 e. The number of benzene rings is 4. The van der Waals surface area contributed by atoms with E-state index < -0.39 is 34.4 Å². The zero-order chi connectivity index (χ0) is 30.0. The number of hydrogen-bond donors (Lipinski definition) is 2. The lowest BCUT2D eigenvalue weighted by molar-refractivity contribution is 0.00578. The van der Waals surface area contributed by atoms with E-state index >= 15 is 0 Å². The van der Waals surface area contributed by atoms with Crippen molar-refractivity contribution in [2.45, 2.75) is 69.3 Å². The molecule has 2 atom stereocenters. The van der Waals surface area contributed by atoms with Crippen LogP contribution >= 0.6 is 0 Å². The minimum Gasteiger partial charge on any atom is -0.399 e. The van der Waals surface area contributed by atoms with Crippen molar-refractivity contribution in [3.05, 3.63) is 131 Å². The average Bonchev–Trinajstić information content (AvgIpc) is 3.20. The van der Waals surface area contributed by atoms with Crippen molar-refractivity contribution in [1.82, 2.24) is 10.0 Å². The summed E-state index contributed by atoms with van der Waals surface area (Å²) in [5, 5.41) is 3.70. The van der Waals surface area contributed by atoms with Gasteiger partial charge in [0.1, 0.15) is 0 Å². The summed E-state index contributed by atoms with van der Waals surface area (Å²) in [6.07, 6.45) is 0. The van der Waals surface area contributed by atoms with E-state index in [1.165, 1.54) is 0 Å². The van der Waals surface area contributed by atoms with Crippen molar-refractivity contribution in [3.63, 3.8) is 0 Å². The van der Waals surface area contributed by atoms with Crippen molar-refractivity contribution >= 4 is 22.6 Å². The van der Waals surface area contributed by atoms with E-state index in [9.17, 15) is 8.42 Å². The Morgan fingerprint density at radius 2 is 1.19 bits per heavy atom. The Balaban J connectivity index is 1.50. The van der Waals surface area contributed by atoms with E-state index in [1.807, 2.05) is 126 Å². The summed E-state index contributed by atoms with van der Waals surface area (Å²) in [6, 6.07) is 33.7. The molecule has 42 heavy (non-hydrogen) atoms. The van der Waals surface area contributed by atoms with Crippen LogP contribution in [0.15, 0.2) is 114 Å². The SMILES string of the molecule is Cc1ccc(S(=O)(=O)N[C@@H](c2ccccc2)[C@H](NCc2ccccc2B2OC(C)(C)C(C)(C)O2)c2ccccc2)cc1. The van der Waals surface area contributed by atoms with Gasteiger partial charge in [0.25, 0.3) is 0 Å². The summed E-state index contributed by atoms with van der Waals surface area (Å²) < 4.78 is 43.2. The van der Waals surface area contributed by atoms with Crippen molar-refractivity contribution in [2.75, 3.05) is 0 Å². The van der Waals surface area contributed by atoms with Gasteiger partial charge in [-0.3, -0.25) is 0 Å². The molecule has 4 aromatic rings. The van der Waals surface area contributed by atoms with Crippen molar-refractivity contribution < 1.29 is 17.7 Å². The van der Waals surface area contributed by atoms with Crippen LogP contribution in [-0.2, 0) is 25.9 Å². The Morgan fingerprint density at radius 3 is 1.76 bits per heavy atom. The minimum atomic E-state index is -3.84. The number of nitrogens with one attached hydrogen (secondary N) is 2. The predicted molar refractivity (Wildman–Crippen MR) is 169 cm³/mol. The highest BCUT2D eigenvalue weighted by Gasteiger charge is 2.52. The second-order valence-corrected chi connectivity index (χ2v) is 13.6. The van der Waals surface area contributed by atoms with Crippen LogP contribution in [0.5, 0.6) is 0 Å². The van der Waals surface area contributed by atoms with E-state index in [0.29, 0.717) is 6.54 Å². The molecule has 6 nitrogen and oxygen atoms in total. The number of sulfonamides is 1. The van der Waals surface area contributed by atoms with Gasteiger partial charge in [0.15, 0.2) is 0 Å². The molecule has 0 aromatic heterocycles. The third-order valence-corrected chi connectivity index (χ3v) is 9.80. The molecule has 1 fully saturated rings. The molecule has 1 aliphatic heterocycles. The molecule has 0 aliphatic carbocycles. The summed E-state index contributed by atoms with van der Waals surface area (Å²) >= 11 is 0. The van der Waals surface area contributed by atoms with E-state index in [2.05, 4.69) is 16.1 Å². The van der Waals surface area contributed by atoms with Crippen LogP contribution in [0.2, 0.25) is 0 Å². The summed E-state index contributed by atoms with van der Waals surface area (Å²) in [6.45, 7) is 10.6. The first-order chi connectivity index (χ1) is 20.0. The third kappa shape index (κ3) is 6.53. The first-order valence-electron chi connectivity index (χ1n) is 14.3. The summed E-state index contributed by atoms with van der Waals surface area (Å²) in [4.78, 5) is 0.229. The quantitative estimate of drug-likeness (QED) is 0.230. The maximum absolute atomic E-state index is 13.7. The molecule has 0 spiro atoms. The van der Waals surface area contributed by atoms with Gasteiger partial charge in [-0.1, -0.05) is 103 Å². The lowest BCUT2D eigenvalue weighted by Gasteiger charge is -2.32. The van der Waals surface area contributed by atoms with Crippen LogP contribution in [0.1, 0.15) is 62.0 Å². The van der Waals surface area contributed by atoms with Gasteiger partial charge >= 0.3 is 7.12 Å². The number of hydrogen-bond acceptors (Lipinski definition) is 5. The van der Waals surface area contributed by atoms with Gasteiger partial charge in [-0.25, -0.2) is 13.1 Å². The number of aryl methyl sites for hydroxylation is 1. The fourth-order valence-electron chi connectivity index (χ4n) is 5.15. The van der Waals surface area contributed by atoms with Gasteiger partial charge in [0.2, 0.25) is 10.0 Å². The molecule has 1 heterocycles. The zero-order valence-electron chi connectivity index (χ0n) is 24.9. The van der Waals surface area contributed by atoms with Crippen molar-refractivity contribution in [1.29, 1.82) is 0 Å². The fourth-order valence-corrected chi connectivity index (χ4v) is 6.38. The van der Waals surface area contributed by atoms with Crippen LogP contribution in [0.25, 0.3) is 0 Å². The van der Waals surface area contributed by atoms with Crippen LogP contribution < -0.4 is 15.5 Å². The minimum absolute atomic E-state index is 0.229. The van der Waals surface area contributed by atoms with Crippen LogP contribution in [0, 0.1) is 6.92 Å². The predicted octanol–water partition coefficient (Wildman–Crippen LogP) is 5.84. The molecule has 0 unspecified atom stereocenters. The Bertz CT molecular complexity index is 1580. The van der Waals surface area contributed by atoms with Gasteiger partial charge in [-0.15, -0.1) is 0 Å².